The number of hydrogen-bond donors (Lipinski definition) is 2. The maximum Gasteiger partial charge on any atom is 0.137 e. The van der Waals surface area contributed by atoms with E-state index in [9.17, 15) is 0 Å². The van der Waals surface area contributed by atoms with Gasteiger partial charge in [0.15, 0.2) is 0 Å². The Hall–Kier alpha value is -0.980. The minimum atomic E-state index is 0.664. The zero-order valence-electron chi connectivity index (χ0n) is 8.34. The molecule has 0 saturated carbocycles. The predicted octanol–water partition coefficient (Wildman–Crippen LogP) is -1.50. The Kier molecular flexibility index (Phi) is 5.13. The van der Waals surface area contributed by atoms with Gasteiger partial charge in [0.2, 0.25) is 0 Å². The predicted molar refractivity (Wildman–Crippen MR) is 54.6 cm³/mol. The summed E-state index contributed by atoms with van der Waals surface area (Å²) < 4.78 is 1.81. The molecule has 0 aliphatic rings. The summed E-state index contributed by atoms with van der Waals surface area (Å²) in [5, 5.41) is 4.02. The summed E-state index contributed by atoms with van der Waals surface area (Å²) in [6.07, 6.45) is 3.25. The second-order valence-electron chi connectivity index (χ2n) is 3.08. The van der Waals surface area contributed by atoms with Gasteiger partial charge in [0.25, 0.3) is 0 Å². The molecule has 0 aliphatic heterocycles. The number of aromatic nitrogens is 3. The molecule has 0 saturated heterocycles. The molecule has 80 valence electrons. The number of rotatable bonds is 7. The fourth-order valence-electron chi connectivity index (χ4n) is 1.29. The molecule has 14 heavy (non-hydrogen) atoms. The maximum absolute atomic E-state index is 5.49. The van der Waals surface area contributed by atoms with E-state index in [1.165, 1.54) is 6.33 Å². The van der Waals surface area contributed by atoms with Crippen molar-refractivity contribution in [3.05, 3.63) is 12.7 Å². The Morgan fingerprint density at radius 1 is 1.14 bits per heavy atom. The average Bonchev–Trinajstić information content (AvgIpc) is 2.67. The van der Waals surface area contributed by atoms with E-state index in [0.29, 0.717) is 13.1 Å². The van der Waals surface area contributed by atoms with Crippen LogP contribution in [0.25, 0.3) is 0 Å². The Morgan fingerprint density at radius 3 is 2.36 bits per heavy atom. The molecule has 1 heterocycles. The first kappa shape index (κ1) is 11.1. The molecule has 6 heteroatoms. The Labute approximate surface area is 83.9 Å². The molecule has 1 rings (SSSR count). The third-order valence-electron chi connectivity index (χ3n) is 2.00. The first-order valence-electron chi connectivity index (χ1n) is 4.81. The number of hydrogen-bond acceptors (Lipinski definition) is 5. The molecule has 0 amide bonds. The molecule has 0 aliphatic carbocycles. The normalized spacial score (nSPS) is 11.1. The monoisotopic (exact) mass is 198 g/mol. The van der Waals surface area contributed by atoms with Crippen molar-refractivity contribution in [1.82, 2.24) is 19.7 Å². The summed E-state index contributed by atoms with van der Waals surface area (Å²) in [6.45, 7) is 4.84. The molecule has 0 aromatic carbocycles. The topological polar surface area (TPSA) is 86.0 Å². The highest BCUT2D eigenvalue weighted by molar-refractivity contribution is 4.61. The van der Waals surface area contributed by atoms with Crippen LogP contribution in [0.5, 0.6) is 0 Å². The zero-order valence-corrected chi connectivity index (χ0v) is 8.34. The van der Waals surface area contributed by atoms with Crippen molar-refractivity contribution in [2.45, 2.75) is 6.54 Å². The van der Waals surface area contributed by atoms with E-state index in [1.807, 2.05) is 0 Å². The van der Waals surface area contributed by atoms with Gasteiger partial charge in [-0.1, -0.05) is 0 Å². The van der Waals surface area contributed by atoms with E-state index in [-0.39, 0.29) is 0 Å². The van der Waals surface area contributed by atoms with Gasteiger partial charge in [-0.2, -0.15) is 5.10 Å². The molecule has 6 nitrogen and oxygen atoms in total. The molecule has 0 fully saturated rings. The van der Waals surface area contributed by atoms with Crippen LogP contribution in [-0.2, 0) is 6.54 Å². The largest absolute Gasteiger partial charge is 0.329 e. The third-order valence-corrected chi connectivity index (χ3v) is 2.00. The molecule has 0 radical (unpaired) electrons. The van der Waals surface area contributed by atoms with Gasteiger partial charge in [-0.15, -0.1) is 0 Å². The van der Waals surface area contributed by atoms with Crippen LogP contribution >= 0.6 is 0 Å². The van der Waals surface area contributed by atoms with Crippen LogP contribution in [-0.4, -0.2) is 52.4 Å². The van der Waals surface area contributed by atoms with Crippen molar-refractivity contribution >= 4 is 0 Å². The number of nitrogens with zero attached hydrogens (tertiary/aromatic N) is 4. The van der Waals surface area contributed by atoms with Crippen LogP contribution in [0.15, 0.2) is 12.7 Å². The Bertz CT molecular complexity index is 216. The maximum atomic E-state index is 5.49. The van der Waals surface area contributed by atoms with Gasteiger partial charge < -0.3 is 11.5 Å². The van der Waals surface area contributed by atoms with Gasteiger partial charge in [-0.3, -0.25) is 9.58 Å². The van der Waals surface area contributed by atoms with Crippen molar-refractivity contribution in [3.63, 3.8) is 0 Å². The van der Waals surface area contributed by atoms with E-state index in [2.05, 4.69) is 15.0 Å². The van der Waals surface area contributed by atoms with Crippen LogP contribution < -0.4 is 11.5 Å². The first-order chi connectivity index (χ1) is 6.86. The highest BCUT2D eigenvalue weighted by atomic mass is 15.3. The van der Waals surface area contributed by atoms with Crippen LogP contribution in [0.1, 0.15) is 0 Å². The molecule has 4 N–H and O–H groups in total. The number of nitrogens with two attached hydrogens (primary N) is 2. The lowest BCUT2D eigenvalue weighted by atomic mass is 10.4. The van der Waals surface area contributed by atoms with Crippen molar-refractivity contribution in [1.29, 1.82) is 0 Å². The summed E-state index contributed by atoms with van der Waals surface area (Å²) in [5.41, 5.74) is 11.0. The van der Waals surface area contributed by atoms with Crippen LogP contribution in [0, 0.1) is 0 Å². The van der Waals surface area contributed by atoms with Crippen LogP contribution in [0.2, 0.25) is 0 Å². The summed E-state index contributed by atoms with van der Waals surface area (Å²) in [5.74, 6) is 0. The van der Waals surface area contributed by atoms with Gasteiger partial charge in [-0.25, -0.2) is 4.98 Å². The van der Waals surface area contributed by atoms with Crippen molar-refractivity contribution in [2.24, 2.45) is 11.5 Å². The fourth-order valence-corrected chi connectivity index (χ4v) is 1.29. The van der Waals surface area contributed by atoms with Crippen LogP contribution in [0.4, 0.5) is 0 Å². The second-order valence-corrected chi connectivity index (χ2v) is 3.08. The van der Waals surface area contributed by atoms with Crippen molar-refractivity contribution < 1.29 is 0 Å². The molecule has 1 aromatic rings. The first-order valence-corrected chi connectivity index (χ1v) is 4.81. The van der Waals surface area contributed by atoms with Gasteiger partial charge in [-0.05, 0) is 0 Å². The van der Waals surface area contributed by atoms with Crippen LogP contribution in [0.3, 0.4) is 0 Å². The lowest BCUT2D eigenvalue weighted by Crippen LogP contribution is -2.36. The molecule has 0 atom stereocenters. The highest BCUT2D eigenvalue weighted by Crippen LogP contribution is 1.88. The van der Waals surface area contributed by atoms with E-state index in [4.69, 9.17) is 11.5 Å². The van der Waals surface area contributed by atoms with Gasteiger partial charge in [0.1, 0.15) is 12.7 Å². The Balaban J connectivity index is 2.25. The van der Waals surface area contributed by atoms with E-state index in [1.54, 1.807) is 11.0 Å². The molecule has 1 aromatic heterocycles. The smallest absolute Gasteiger partial charge is 0.137 e. The van der Waals surface area contributed by atoms with E-state index >= 15 is 0 Å². The summed E-state index contributed by atoms with van der Waals surface area (Å²) in [6, 6.07) is 0. The fraction of sp³-hybridized carbons (Fsp3) is 0.750. The minimum Gasteiger partial charge on any atom is -0.329 e. The molecule has 0 unspecified atom stereocenters. The zero-order chi connectivity index (χ0) is 10.2. The minimum absolute atomic E-state index is 0.664. The van der Waals surface area contributed by atoms with E-state index < -0.39 is 0 Å². The summed E-state index contributed by atoms with van der Waals surface area (Å²) in [4.78, 5) is 6.10. The quantitative estimate of drug-likeness (QED) is 0.557. The third kappa shape index (κ3) is 3.82. The molecule has 0 spiro atoms. The lowest BCUT2D eigenvalue weighted by molar-refractivity contribution is 0.272. The molecular weight excluding hydrogens is 180 g/mol. The van der Waals surface area contributed by atoms with Gasteiger partial charge in [0.05, 0.1) is 6.54 Å². The average molecular weight is 198 g/mol. The summed E-state index contributed by atoms with van der Waals surface area (Å²) in [7, 11) is 0. The molecule has 0 bridgehead atoms. The van der Waals surface area contributed by atoms with E-state index in [0.717, 1.165) is 26.2 Å². The highest BCUT2D eigenvalue weighted by Gasteiger charge is 2.02. The SMILES string of the molecule is NCCN(CCN)CCn1cncn1. The standard InChI is InChI=1S/C8H18N6/c9-1-3-13(4-2-10)5-6-14-8-11-7-12-14/h7-8H,1-6,9-10H2. The lowest BCUT2D eigenvalue weighted by Gasteiger charge is -2.20. The van der Waals surface area contributed by atoms with Crippen molar-refractivity contribution in [2.75, 3.05) is 32.7 Å². The van der Waals surface area contributed by atoms with Crippen molar-refractivity contribution in [3.8, 4) is 0 Å². The summed E-state index contributed by atoms with van der Waals surface area (Å²) >= 11 is 0. The van der Waals surface area contributed by atoms with Gasteiger partial charge in [0, 0.05) is 32.7 Å². The van der Waals surface area contributed by atoms with Gasteiger partial charge >= 0.3 is 0 Å². The second kappa shape index (κ2) is 6.47. The Morgan fingerprint density at radius 2 is 1.86 bits per heavy atom. The molecular formula is C8H18N6.